The van der Waals surface area contributed by atoms with Crippen LogP contribution in [0.25, 0.3) is 0 Å². The highest BCUT2D eigenvalue weighted by molar-refractivity contribution is 7.98. The second kappa shape index (κ2) is 6.89. The van der Waals surface area contributed by atoms with Crippen LogP contribution < -0.4 is 0 Å². The Balaban J connectivity index is 2.06. The van der Waals surface area contributed by atoms with Crippen molar-refractivity contribution in [1.82, 2.24) is 19.7 Å². The zero-order valence-corrected chi connectivity index (χ0v) is 14.6. The molecule has 7 heteroatoms. The van der Waals surface area contributed by atoms with E-state index in [0.717, 1.165) is 34.6 Å². The Morgan fingerprint density at radius 2 is 2.10 bits per heavy atom. The van der Waals surface area contributed by atoms with Gasteiger partial charge in [0.1, 0.15) is 11.6 Å². The van der Waals surface area contributed by atoms with Crippen molar-refractivity contribution >= 4 is 23.1 Å². The number of rotatable bonds is 6. The van der Waals surface area contributed by atoms with Crippen LogP contribution in [0.15, 0.2) is 10.5 Å². The van der Waals surface area contributed by atoms with Gasteiger partial charge >= 0.3 is 0 Å². The van der Waals surface area contributed by atoms with Crippen molar-refractivity contribution in [3.8, 4) is 0 Å². The number of hydrogen-bond acceptors (Lipinski definition) is 6. The van der Waals surface area contributed by atoms with Gasteiger partial charge in [0.25, 0.3) is 0 Å². The van der Waals surface area contributed by atoms with Crippen molar-refractivity contribution < 1.29 is 5.11 Å². The molecule has 1 N–H and O–H groups in total. The first-order chi connectivity index (χ1) is 9.95. The summed E-state index contributed by atoms with van der Waals surface area (Å²) in [4.78, 5) is 4.69. The molecular formula is C14H22N4OS2. The van der Waals surface area contributed by atoms with Crippen molar-refractivity contribution in [2.24, 2.45) is 0 Å². The monoisotopic (exact) mass is 326 g/mol. The van der Waals surface area contributed by atoms with E-state index in [1.54, 1.807) is 23.1 Å². The average molecular weight is 326 g/mol. The Morgan fingerprint density at radius 1 is 1.33 bits per heavy atom. The van der Waals surface area contributed by atoms with E-state index in [-0.39, 0.29) is 12.0 Å². The van der Waals surface area contributed by atoms with Gasteiger partial charge in [0.2, 0.25) is 0 Å². The lowest BCUT2D eigenvalue weighted by molar-refractivity contribution is 0.263. The highest BCUT2D eigenvalue weighted by Gasteiger charge is 2.18. The van der Waals surface area contributed by atoms with Crippen LogP contribution in [-0.2, 0) is 24.3 Å². The second-order valence-electron chi connectivity index (χ2n) is 5.87. The number of aromatic nitrogens is 4. The summed E-state index contributed by atoms with van der Waals surface area (Å²) in [6, 6.07) is 0. The highest BCUT2D eigenvalue weighted by atomic mass is 32.2. The summed E-state index contributed by atoms with van der Waals surface area (Å²) >= 11 is 3.32. The van der Waals surface area contributed by atoms with E-state index >= 15 is 0 Å². The number of hydrogen-bond donors (Lipinski definition) is 1. The maximum Gasteiger partial charge on any atom is 0.191 e. The number of thiazole rings is 1. The van der Waals surface area contributed by atoms with Crippen LogP contribution in [0.3, 0.4) is 0 Å². The molecule has 0 unspecified atom stereocenters. The van der Waals surface area contributed by atoms with Crippen molar-refractivity contribution in [2.45, 2.75) is 63.6 Å². The third-order valence-electron chi connectivity index (χ3n) is 3.03. The van der Waals surface area contributed by atoms with Gasteiger partial charge < -0.3 is 9.67 Å². The molecule has 2 heterocycles. The van der Waals surface area contributed by atoms with Crippen LogP contribution in [0.5, 0.6) is 0 Å². The molecule has 0 fully saturated rings. The van der Waals surface area contributed by atoms with Gasteiger partial charge in [-0.3, -0.25) is 0 Å². The van der Waals surface area contributed by atoms with Gasteiger partial charge in [-0.15, -0.1) is 21.5 Å². The SMILES string of the molecule is CCCn1c(CO)nnc1SCc1nc(C(C)(C)C)cs1. The first-order valence-corrected chi connectivity index (χ1v) is 8.92. The van der Waals surface area contributed by atoms with Crippen LogP contribution in [0.1, 0.15) is 50.6 Å². The number of aliphatic hydroxyl groups is 1. The second-order valence-corrected chi connectivity index (χ2v) is 7.76. The molecule has 0 saturated carbocycles. The fourth-order valence-corrected chi connectivity index (χ4v) is 3.86. The van der Waals surface area contributed by atoms with Crippen LogP contribution in [-0.4, -0.2) is 24.9 Å². The lowest BCUT2D eigenvalue weighted by Crippen LogP contribution is -2.11. The fraction of sp³-hybridized carbons (Fsp3) is 0.643. The summed E-state index contributed by atoms with van der Waals surface area (Å²) < 4.78 is 1.99. The molecular weight excluding hydrogens is 304 g/mol. The zero-order valence-electron chi connectivity index (χ0n) is 13.0. The van der Waals surface area contributed by atoms with Gasteiger partial charge in [-0.2, -0.15) is 0 Å². The van der Waals surface area contributed by atoms with E-state index < -0.39 is 0 Å². The first-order valence-electron chi connectivity index (χ1n) is 7.06. The van der Waals surface area contributed by atoms with Crippen LogP contribution in [0.4, 0.5) is 0 Å². The maximum absolute atomic E-state index is 9.29. The van der Waals surface area contributed by atoms with Gasteiger partial charge in [-0.1, -0.05) is 39.5 Å². The summed E-state index contributed by atoms with van der Waals surface area (Å²) in [7, 11) is 0. The fourth-order valence-electron chi connectivity index (χ4n) is 1.84. The Hall–Kier alpha value is -0.920. The van der Waals surface area contributed by atoms with Gasteiger partial charge in [-0.25, -0.2) is 4.98 Å². The molecule has 0 aliphatic rings. The Bertz CT molecular complexity index is 586. The summed E-state index contributed by atoms with van der Waals surface area (Å²) in [6.07, 6.45) is 0.990. The standard InChI is InChI=1S/C14H22N4OS2/c1-5-6-18-11(7-19)16-17-13(18)21-9-12-15-10(8-20-12)14(2,3)4/h8,19H,5-7,9H2,1-4H3. The molecule has 0 spiro atoms. The van der Waals surface area contributed by atoms with Gasteiger partial charge in [0, 0.05) is 17.3 Å². The van der Waals surface area contributed by atoms with Crippen LogP contribution >= 0.6 is 23.1 Å². The van der Waals surface area contributed by atoms with Crippen molar-refractivity contribution in [2.75, 3.05) is 0 Å². The minimum atomic E-state index is -0.0705. The normalized spacial score (nSPS) is 12.0. The van der Waals surface area contributed by atoms with E-state index in [1.807, 2.05) is 4.57 Å². The summed E-state index contributed by atoms with van der Waals surface area (Å²) in [6.45, 7) is 9.38. The Labute approximate surface area is 133 Å². The van der Waals surface area contributed by atoms with E-state index in [2.05, 4.69) is 43.3 Å². The van der Waals surface area contributed by atoms with Crippen LogP contribution in [0, 0.1) is 0 Å². The quantitative estimate of drug-likeness (QED) is 0.826. The molecule has 0 aromatic carbocycles. The van der Waals surface area contributed by atoms with Crippen LogP contribution in [0.2, 0.25) is 0 Å². The Morgan fingerprint density at radius 3 is 2.67 bits per heavy atom. The molecule has 0 saturated heterocycles. The number of nitrogens with zero attached hydrogens (tertiary/aromatic N) is 4. The first kappa shape index (κ1) is 16.5. The van der Waals surface area contributed by atoms with E-state index in [1.165, 1.54) is 0 Å². The highest BCUT2D eigenvalue weighted by Crippen LogP contribution is 2.28. The molecule has 2 rings (SSSR count). The molecule has 0 amide bonds. The molecule has 5 nitrogen and oxygen atoms in total. The minimum Gasteiger partial charge on any atom is -0.388 e. The third-order valence-corrected chi connectivity index (χ3v) is 5.04. The molecule has 0 aliphatic heterocycles. The molecule has 0 bridgehead atoms. The molecule has 0 radical (unpaired) electrons. The van der Waals surface area contributed by atoms with E-state index in [9.17, 15) is 5.11 Å². The molecule has 2 aromatic rings. The van der Waals surface area contributed by atoms with E-state index in [4.69, 9.17) is 4.98 Å². The topological polar surface area (TPSA) is 63.8 Å². The summed E-state index contributed by atoms with van der Waals surface area (Å²) in [5.74, 6) is 1.42. The zero-order chi connectivity index (χ0) is 15.5. The molecule has 2 aromatic heterocycles. The maximum atomic E-state index is 9.29. The lowest BCUT2D eigenvalue weighted by atomic mass is 9.93. The predicted octanol–water partition coefficient (Wildman–Crippen LogP) is 3.23. The third kappa shape index (κ3) is 4.05. The Kier molecular flexibility index (Phi) is 5.40. The number of aliphatic hydroxyl groups excluding tert-OH is 1. The van der Waals surface area contributed by atoms with E-state index in [0.29, 0.717) is 5.82 Å². The summed E-state index contributed by atoms with van der Waals surface area (Å²) in [5.41, 5.74) is 1.22. The number of thioether (sulfide) groups is 1. The van der Waals surface area contributed by atoms with Gasteiger partial charge in [-0.05, 0) is 6.42 Å². The average Bonchev–Trinajstić information content (AvgIpc) is 3.03. The van der Waals surface area contributed by atoms with Crippen molar-refractivity contribution in [3.05, 3.63) is 21.9 Å². The van der Waals surface area contributed by atoms with Crippen molar-refractivity contribution in [1.29, 1.82) is 0 Å². The lowest BCUT2D eigenvalue weighted by Gasteiger charge is -2.14. The van der Waals surface area contributed by atoms with Gasteiger partial charge in [0.05, 0.1) is 11.4 Å². The minimum absolute atomic E-state index is 0.0705. The largest absolute Gasteiger partial charge is 0.388 e. The van der Waals surface area contributed by atoms with Crippen molar-refractivity contribution in [3.63, 3.8) is 0 Å². The molecule has 21 heavy (non-hydrogen) atoms. The van der Waals surface area contributed by atoms with Gasteiger partial charge in [0.15, 0.2) is 11.0 Å². The molecule has 116 valence electrons. The molecule has 0 aliphatic carbocycles. The smallest absolute Gasteiger partial charge is 0.191 e. The summed E-state index contributed by atoms with van der Waals surface area (Å²) in [5, 5.41) is 21.6. The predicted molar refractivity (Wildman–Crippen MR) is 86.6 cm³/mol. The molecule has 0 atom stereocenters.